The highest BCUT2D eigenvalue weighted by Crippen LogP contribution is 2.38. The summed E-state index contributed by atoms with van der Waals surface area (Å²) in [5.74, 6) is 0. The third-order valence-electron chi connectivity index (χ3n) is 6.53. The molecule has 3 heterocycles. The van der Waals surface area contributed by atoms with Crippen LogP contribution >= 0.6 is 12.4 Å². The van der Waals surface area contributed by atoms with Crippen LogP contribution in [0.25, 0.3) is 0 Å². The van der Waals surface area contributed by atoms with Gasteiger partial charge >= 0.3 is 0 Å². The zero-order valence-corrected chi connectivity index (χ0v) is 19.2. The molecule has 4 rings (SSSR count). The Kier molecular flexibility index (Phi) is 8.36. The molecule has 0 amide bonds. The minimum Gasteiger partial charge on any atom is -0.379 e. The molecule has 0 saturated carbocycles. The van der Waals surface area contributed by atoms with Gasteiger partial charge in [-0.05, 0) is 25.7 Å². The zero-order chi connectivity index (χ0) is 20.2. The van der Waals surface area contributed by atoms with Crippen LogP contribution in [0.15, 0.2) is 12.1 Å². The minimum absolute atomic E-state index is 0. The maximum absolute atomic E-state index is 12.0. The van der Waals surface area contributed by atoms with Crippen molar-refractivity contribution in [3.63, 3.8) is 0 Å². The first kappa shape index (κ1) is 23.3. The Labute approximate surface area is 186 Å². The summed E-state index contributed by atoms with van der Waals surface area (Å²) in [6.07, 6.45) is 1.05. The fourth-order valence-electron chi connectivity index (χ4n) is 4.61. The predicted molar refractivity (Wildman–Crippen MR) is 125 cm³/mol. The van der Waals surface area contributed by atoms with Gasteiger partial charge in [0.25, 0.3) is 0 Å². The van der Waals surface area contributed by atoms with E-state index >= 15 is 0 Å². The Morgan fingerprint density at radius 1 is 0.800 bits per heavy atom. The highest BCUT2D eigenvalue weighted by Gasteiger charge is 2.27. The highest BCUT2D eigenvalue weighted by molar-refractivity contribution is 5.92. The van der Waals surface area contributed by atoms with E-state index in [1.807, 2.05) is 6.07 Å². The number of piperazine rings is 2. The predicted octanol–water partition coefficient (Wildman–Crippen LogP) is 1.26. The first-order chi connectivity index (χ1) is 14.2. The van der Waals surface area contributed by atoms with Crippen molar-refractivity contribution >= 4 is 30.1 Å². The normalized spacial score (nSPS) is 22.1. The van der Waals surface area contributed by atoms with Gasteiger partial charge in [0.15, 0.2) is 6.29 Å². The monoisotopic (exact) mass is 437 g/mol. The van der Waals surface area contributed by atoms with Crippen molar-refractivity contribution in [3.05, 3.63) is 23.3 Å². The number of hydrogen-bond acceptors (Lipinski definition) is 7. The summed E-state index contributed by atoms with van der Waals surface area (Å²) in [7, 11) is 4.36. The van der Waals surface area contributed by atoms with E-state index in [0.29, 0.717) is 0 Å². The van der Waals surface area contributed by atoms with Crippen LogP contribution in [-0.2, 0) is 11.3 Å². The molecular formula is C22H36ClN5O2. The Balaban J connectivity index is 0.00000256. The van der Waals surface area contributed by atoms with Crippen LogP contribution in [0.4, 0.5) is 11.4 Å². The van der Waals surface area contributed by atoms with E-state index in [2.05, 4.69) is 44.7 Å². The molecule has 0 radical (unpaired) electrons. The minimum atomic E-state index is 0. The largest absolute Gasteiger partial charge is 0.379 e. The topological polar surface area (TPSA) is 42.5 Å². The second-order valence-corrected chi connectivity index (χ2v) is 8.60. The second-order valence-electron chi connectivity index (χ2n) is 8.60. The van der Waals surface area contributed by atoms with Gasteiger partial charge in [0.1, 0.15) is 0 Å². The molecule has 0 aliphatic carbocycles. The van der Waals surface area contributed by atoms with Crippen LogP contribution in [0.1, 0.15) is 15.9 Å². The lowest BCUT2D eigenvalue weighted by Crippen LogP contribution is -2.48. The molecule has 3 aliphatic rings. The van der Waals surface area contributed by atoms with E-state index < -0.39 is 0 Å². The van der Waals surface area contributed by atoms with Crippen molar-refractivity contribution in [2.75, 3.05) is 103 Å². The SMILES string of the molecule is CN1CCN(c2c(C=O)ccc(CN3CCOCC3)c2N2CCN(C)CC2)CC1.Cl. The molecule has 0 N–H and O–H groups in total. The van der Waals surface area contributed by atoms with Crippen molar-refractivity contribution < 1.29 is 9.53 Å². The number of hydrogen-bond donors (Lipinski definition) is 0. The lowest BCUT2D eigenvalue weighted by molar-refractivity contribution is 0.0342. The van der Waals surface area contributed by atoms with Crippen LogP contribution < -0.4 is 9.80 Å². The van der Waals surface area contributed by atoms with Gasteiger partial charge in [-0.3, -0.25) is 9.69 Å². The van der Waals surface area contributed by atoms with Crippen molar-refractivity contribution in [3.8, 4) is 0 Å². The number of anilines is 2. The molecule has 0 spiro atoms. The molecule has 3 fully saturated rings. The third kappa shape index (κ3) is 5.26. The number of carbonyl (C=O) groups is 1. The van der Waals surface area contributed by atoms with Gasteiger partial charge in [-0.15, -0.1) is 12.4 Å². The second kappa shape index (κ2) is 10.8. The summed E-state index contributed by atoms with van der Waals surface area (Å²) in [5.41, 5.74) is 4.62. The summed E-state index contributed by atoms with van der Waals surface area (Å²) in [4.78, 5) is 24.2. The fraction of sp³-hybridized carbons (Fsp3) is 0.682. The smallest absolute Gasteiger partial charge is 0.152 e. The maximum Gasteiger partial charge on any atom is 0.152 e. The Morgan fingerprint density at radius 2 is 1.33 bits per heavy atom. The van der Waals surface area contributed by atoms with Crippen LogP contribution in [0.3, 0.4) is 0 Å². The maximum atomic E-state index is 12.0. The Morgan fingerprint density at radius 3 is 1.87 bits per heavy atom. The molecule has 1 aromatic rings. The van der Waals surface area contributed by atoms with Gasteiger partial charge in [-0.1, -0.05) is 6.07 Å². The average molecular weight is 438 g/mol. The lowest BCUT2D eigenvalue weighted by Gasteiger charge is -2.41. The van der Waals surface area contributed by atoms with Crippen LogP contribution in [0.5, 0.6) is 0 Å². The Bertz CT molecular complexity index is 697. The van der Waals surface area contributed by atoms with E-state index in [1.54, 1.807) is 0 Å². The molecule has 0 bridgehead atoms. The number of morpholine rings is 1. The van der Waals surface area contributed by atoms with E-state index in [9.17, 15) is 4.79 Å². The van der Waals surface area contributed by atoms with E-state index in [-0.39, 0.29) is 12.4 Å². The average Bonchev–Trinajstić information content (AvgIpc) is 2.75. The molecule has 168 valence electrons. The van der Waals surface area contributed by atoms with Crippen LogP contribution in [0.2, 0.25) is 0 Å². The number of aldehydes is 1. The molecular weight excluding hydrogens is 402 g/mol. The molecule has 3 saturated heterocycles. The molecule has 0 unspecified atom stereocenters. The standard InChI is InChI=1S/C22H35N5O2.ClH/c1-23-5-9-26(10-6-23)21-19(17-25-13-15-29-16-14-25)3-4-20(18-28)22(21)27-11-7-24(2)8-12-27;/h3-4,18H,5-17H2,1-2H3;1H. The summed E-state index contributed by atoms with van der Waals surface area (Å²) < 4.78 is 5.54. The van der Waals surface area contributed by atoms with Crippen LogP contribution in [-0.4, -0.2) is 114 Å². The summed E-state index contributed by atoms with van der Waals surface area (Å²) in [6.45, 7) is 12.6. The lowest BCUT2D eigenvalue weighted by atomic mass is 10.0. The number of rotatable bonds is 5. The van der Waals surface area contributed by atoms with E-state index in [4.69, 9.17) is 4.74 Å². The number of ether oxygens (including phenoxy) is 1. The van der Waals surface area contributed by atoms with Gasteiger partial charge in [0.05, 0.1) is 24.6 Å². The van der Waals surface area contributed by atoms with Gasteiger partial charge < -0.3 is 24.3 Å². The fourth-order valence-corrected chi connectivity index (χ4v) is 4.61. The number of nitrogens with zero attached hydrogens (tertiary/aromatic N) is 5. The van der Waals surface area contributed by atoms with Crippen LogP contribution in [0, 0.1) is 0 Å². The van der Waals surface area contributed by atoms with Crippen molar-refractivity contribution in [2.45, 2.75) is 6.54 Å². The Hall–Kier alpha value is -1.38. The molecule has 30 heavy (non-hydrogen) atoms. The first-order valence-corrected chi connectivity index (χ1v) is 10.9. The first-order valence-electron chi connectivity index (χ1n) is 10.9. The quantitative estimate of drug-likeness (QED) is 0.642. The van der Waals surface area contributed by atoms with Gasteiger partial charge in [0, 0.05) is 77.6 Å². The number of halogens is 1. The van der Waals surface area contributed by atoms with E-state index in [0.717, 1.165) is 103 Å². The molecule has 1 aromatic carbocycles. The highest BCUT2D eigenvalue weighted by atomic mass is 35.5. The molecule has 0 atom stereocenters. The van der Waals surface area contributed by atoms with Crippen molar-refractivity contribution in [2.24, 2.45) is 0 Å². The number of likely N-dealkylation sites (N-methyl/N-ethyl adjacent to an activating group) is 2. The van der Waals surface area contributed by atoms with Crippen molar-refractivity contribution in [1.29, 1.82) is 0 Å². The number of benzene rings is 1. The summed E-state index contributed by atoms with van der Waals surface area (Å²) in [5, 5.41) is 0. The molecule has 0 aromatic heterocycles. The molecule has 8 heteroatoms. The van der Waals surface area contributed by atoms with E-state index in [1.165, 1.54) is 11.3 Å². The summed E-state index contributed by atoms with van der Waals surface area (Å²) in [6, 6.07) is 4.22. The van der Waals surface area contributed by atoms with Gasteiger partial charge in [-0.25, -0.2) is 0 Å². The van der Waals surface area contributed by atoms with Crippen molar-refractivity contribution in [1.82, 2.24) is 14.7 Å². The molecule has 3 aliphatic heterocycles. The number of carbonyl (C=O) groups excluding carboxylic acids is 1. The molecule has 7 nitrogen and oxygen atoms in total. The zero-order valence-electron chi connectivity index (χ0n) is 18.4. The summed E-state index contributed by atoms with van der Waals surface area (Å²) >= 11 is 0. The third-order valence-corrected chi connectivity index (χ3v) is 6.53. The van der Waals surface area contributed by atoms with Gasteiger partial charge in [-0.2, -0.15) is 0 Å². The van der Waals surface area contributed by atoms with Gasteiger partial charge in [0.2, 0.25) is 0 Å².